The molecule has 0 aliphatic heterocycles. The van der Waals surface area contributed by atoms with E-state index in [1.54, 1.807) is 36.4 Å². The zero-order valence-corrected chi connectivity index (χ0v) is 22.4. The average Bonchev–Trinajstić information content (AvgIpc) is 2.84. The molecule has 0 unspecified atom stereocenters. The molecule has 0 amide bonds. The lowest BCUT2D eigenvalue weighted by Crippen LogP contribution is -2.32. The minimum absolute atomic E-state index is 0.00499. The first-order valence-electron chi connectivity index (χ1n) is 11.5. The second kappa shape index (κ2) is 10.1. The SMILES string of the molecule is Cc1ccc(S(=O)(=O)NCC(=O)Oc2c(-c3ccc(C(C)(C)C)cc3)oc3ccc(Cl)cc3c2=O)cc1. The highest BCUT2D eigenvalue weighted by Gasteiger charge is 2.23. The van der Waals surface area contributed by atoms with Crippen LogP contribution in [0.4, 0.5) is 0 Å². The van der Waals surface area contributed by atoms with E-state index < -0.39 is 28.0 Å². The lowest BCUT2D eigenvalue weighted by Gasteiger charge is -2.19. The number of sulfonamides is 1. The molecule has 37 heavy (non-hydrogen) atoms. The summed E-state index contributed by atoms with van der Waals surface area (Å²) in [5.74, 6) is -1.27. The summed E-state index contributed by atoms with van der Waals surface area (Å²) in [6.07, 6.45) is 0. The van der Waals surface area contributed by atoms with Gasteiger partial charge in [-0.3, -0.25) is 9.59 Å². The molecule has 9 heteroatoms. The summed E-state index contributed by atoms with van der Waals surface area (Å²) in [6.45, 7) is 7.37. The number of carbonyl (C=O) groups is 1. The van der Waals surface area contributed by atoms with Crippen molar-refractivity contribution in [1.82, 2.24) is 4.72 Å². The molecule has 4 aromatic rings. The number of hydrogen-bond acceptors (Lipinski definition) is 6. The van der Waals surface area contributed by atoms with Crippen LogP contribution in [0, 0.1) is 6.92 Å². The molecule has 1 aromatic heterocycles. The van der Waals surface area contributed by atoms with Crippen molar-refractivity contribution < 1.29 is 22.4 Å². The van der Waals surface area contributed by atoms with E-state index in [1.807, 2.05) is 19.1 Å². The molecule has 1 heterocycles. The Bertz CT molecular complexity index is 1630. The highest BCUT2D eigenvalue weighted by atomic mass is 35.5. The highest BCUT2D eigenvalue weighted by molar-refractivity contribution is 7.89. The van der Waals surface area contributed by atoms with Crippen molar-refractivity contribution in [3.63, 3.8) is 0 Å². The maximum atomic E-state index is 13.4. The zero-order valence-electron chi connectivity index (χ0n) is 20.8. The number of esters is 1. The summed E-state index contributed by atoms with van der Waals surface area (Å²) < 4.78 is 38.7. The summed E-state index contributed by atoms with van der Waals surface area (Å²) >= 11 is 6.07. The van der Waals surface area contributed by atoms with Gasteiger partial charge in [-0.15, -0.1) is 0 Å². The molecule has 3 aromatic carbocycles. The maximum Gasteiger partial charge on any atom is 0.326 e. The third-order valence-electron chi connectivity index (χ3n) is 5.78. The lowest BCUT2D eigenvalue weighted by molar-refractivity contribution is -0.133. The van der Waals surface area contributed by atoms with Gasteiger partial charge >= 0.3 is 5.97 Å². The molecule has 0 aliphatic carbocycles. The van der Waals surface area contributed by atoms with E-state index in [4.69, 9.17) is 20.8 Å². The third-order valence-corrected chi connectivity index (χ3v) is 7.43. The molecule has 0 spiro atoms. The zero-order chi connectivity index (χ0) is 27.0. The van der Waals surface area contributed by atoms with Gasteiger partial charge in [-0.2, -0.15) is 4.72 Å². The molecular formula is C28H26ClNO6S. The topological polar surface area (TPSA) is 103 Å². The van der Waals surface area contributed by atoms with E-state index in [0.29, 0.717) is 10.6 Å². The van der Waals surface area contributed by atoms with E-state index in [-0.39, 0.29) is 32.8 Å². The first kappa shape index (κ1) is 26.6. The standard InChI is InChI=1S/C28H26ClNO6S/c1-17-5-12-21(13-6-17)37(33,34)30-16-24(31)36-27-25(32)22-15-20(29)11-14-23(22)35-26(27)18-7-9-19(10-8-18)28(2,3)4/h5-15,30H,16H2,1-4H3. The highest BCUT2D eigenvalue weighted by Crippen LogP contribution is 2.33. The molecule has 4 rings (SSSR count). The monoisotopic (exact) mass is 539 g/mol. The van der Waals surface area contributed by atoms with Crippen molar-refractivity contribution in [2.45, 2.75) is 38.0 Å². The molecule has 0 fully saturated rings. The Labute approximate surface area is 220 Å². The molecule has 0 saturated carbocycles. The molecule has 192 valence electrons. The number of fused-ring (bicyclic) bond motifs is 1. The van der Waals surface area contributed by atoms with E-state index in [9.17, 15) is 18.0 Å². The van der Waals surface area contributed by atoms with Gasteiger partial charge in [-0.05, 0) is 48.2 Å². The maximum absolute atomic E-state index is 13.4. The van der Waals surface area contributed by atoms with Crippen LogP contribution in [0.15, 0.2) is 80.8 Å². The lowest BCUT2D eigenvalue weighted by atomic mass is 9.86. The minimum atomic E-state index is -3.97. The van der Waals surface area contributed by atoms with Gasteiger partial charge in [0.1, 0.15) is 12.1 Å². The van der Waals surface area contributed by atoms with E-state index in [0.717, 1.165) is 11.1 Å². The van der Waals surface area contributed by atoms with E-state index >= 15 is 0 Å². The molecule has 1 N–H and O–H groups in total. The summed E-state index contributed by atoms with van der Waals surface area (Å²) in [7, 11) is -3.97. The first-order chi connectivity index (χ1) is 17.3. The fourth-order valence-electron chi connectivity index (χ4n) is 3.66. The average molecular weight is 540 g/mol. The molecular weight excluding hydrogens is 514 g/mol. The Morgan fingerprint density at radius 3 is 2.27 bits per heavy atom. The number of carbonyl (C=O) groups excluding carboxylic acids is 1. The Balaban J connectivity index is 1.69. The Morgan fingerprint density at radius 2 is 1.65 bits per heavy atom. The van der Waals surface area contributed by atoms with Gasteiger partial charge < -0.3 is 9.15 Å². The van der Waals surface area contributed by atoms with Gasteiger partial charge in [0, 0.05) is 10.6 Å². The van der Waals surface area contributed by atoms with Crippen LogP contribution in [0.2, 0.25) is 5.02 Å². The van der Waals surface area contributed by atoms with Gasteiger partial charge in [0.15, 0.2) is 5.76 Å². The van der Waals surface area contributed by atoms with Crippen LogP contribution in [0.5, 0.6) is 5.75 Å². The van der Waals surface area contributed by atoms with Crippen LogP contribution in [0.25, 0.3) is 22.3 Å². The number of hydrogen-bond donors (Lipinski definition) is 1. The third kappa shape index (κ3) is 5.93. The van der Waals surface area contributed by atoms with Crippen LogP contribution in [0.3, 0.4) is 0 Å². The van der Waals surface area contributed by atoms with Gasteiger partial charge in [0.2, 0.25) is 21.2 Å². The largest absolute Gasteiger partial charge is 0.452 e. The number of aryl methyl sites for hydroxylation is 1. The fourth-order valence-corrected chi connectivity index (χ4v) is 4.80. The second-order valence-electron chi connectivity index (χ2n) is 9.67. The van der Waals surface area contributed by atoms with E-state index in [2.05, 4.69) is 25.5 Å². The van der Waals surface area contributed by atoms with Crippen molar-refractivity contribution >= 4 is 38.6 Å². The molecule has 0 atom stereocenters. The van der Waals surface area contributed by atoms with Gasteiger partial charge in [0.05, 0.1) is 10.3 Å². The van der Waals surface area contributed by atoms with Crippen LogP contribution in [-0.4, -0.2) is 20.9 Å². The Hall–Kier alpha value is -3.46. The Kier molecular flexibility index (Phi) is 7.28. The summed E-state index contributed by atoms with van der Waals surface area (Å²) in [5.41, 5.74) is 2.05. The van der Waals surface area contributed by atoms with Crippen molar-refractivity contribution in [1.29, 1.82) is 0 Å². The number of nitrogens with one attached hydrogen (secondary N) is 1. The van der Waals surface area contributed by atoms with Crippen molar-refractivity contribution in [3.8, 4) is 17.1 Å². The molecule has 0 saturated heterocycles. The summed E-state index contributed by atoms with van der Waals surface area (Å²) in [6, 6.07) is 18.1. The normalized spacial score (nSPS) is 12.0. The van der Waals surface area contributed by atoms with Crippen molar-refractivity contribution in [3.05, 3.63) is 93.1 Å². The molecule has 0 aliphatic rings. The van der Waals surface area contributed by atoms with Crippen LogP contribution >= 0.6 is 11.6 Å². The van der Waals surface area contributed by atoms with Crippen molar-refractivity contribution in [2.75, 3.05) is 6.54 Å². The molecule has 0 bridgehead atoms. The van der Waals surface area contributed by atoms with Gasteiger partial charge in [-0.1, -0.05) is 74.3 Å². The second-order valence-corrected chi connectivity index (χ2v) is 11.9. The van der Waals surface area contributed by atoms with Crippen LogP contribution < -0.4 is 14.9 Å². The van der Waals surface area contributed by atoms with Crippen LogP contribution in [-0.2, 0) is 20.2 Å². The van der Waals surface area contributed by atoms with Crippen molar-refractivity contribution in [2.24, 2.45) is 0 Å². The van der Waals surface area contributed by atoms with Crippen LogP contribution in [0.1, 0.15) is 31.9 Å². The summed E-state index contributed by atoms with van der Waals surface area (Å²) in [5, 5.41) is 0.441. The predicted octanol–water partition coefficient (Wildman–Crippen LogP) is 5.60. The Morgan fingerprint density at radius 1 is 1.00 bits per heavy atom. The molecule has 0 radical (unpaired) electrons. The number of benzene rings is 3. The number of rotatable bonds is 6. The van der Waals surface area contributed by atoms with Gasteiger partial charge in [-0.25, -0.2) is 8.42 Å². The number of halogens is 1. The molecule has 7 nitrogen and oxygen atoms in total. The predicted molar refractivity (Wildman–Crippen MR) is 144 cm³/mol. The van der Waals surface area contributed by atoms with Gasteiger partial charge in [0.25, 0.3) is 0 Å². The van der Waals surface area contributed by atoms with E-state index in [1.165, 1.54) is 18.2 Å². The quantitative estimate of drug-likeness (QED) is 0.320. The minimum Gasteiger partial charge on any atom is -0.452 e. The first-order valence-corrected chi connectivity index (χ1v) is 13.4. The smallest absolute Gasteiger partial charge is 0.326 e. The summed E-state index contributed by atoms with van der Waals surface area (Å²) in [4.78, 5) is 26.1. The number of ether oxygens (including phenoxy) is 1. The fraction of sp³-hybridized carbons (Fsp3) is 0.214.